The number of fused-ring (bicyclic) bond motifs is 1. The van der Waals surface area contributed by atoms with Crippen LogP contribution in [0.2, 0.25) is 0 Å². The van der Waals surface area contributed by atoms with Gasteiger partial charge in [0, 0.05) is 18.0 Å². The number of nitrogens with one attached hydrogen (secondary N) is 1. The number of carbonyl (C=O) groups excluding carboxylic acids is 1. The van der Waals surface area contributed by atoms with Gasteiger partial charge in [0.15, 0.2) is 11.5 Å². The molecule has 0 fully saturated rings. The van der Waals surface area contributed by atoms with Crippen molar-refractivity contribution in [2.45, 2.75) is 12.6 Å². The van der Waals surface area contributed by atoms with Crippen molar-refractivity contribution in [1.29, 1.82) is 0 Å². The lowest BCUT2D eigenvalue weighted by molar-refractivity contribution is 0.0930. The van der Waals surface area contributed by atoms with E-state index in [1.54, 1.807) is 24.4 Å². The lowest BCUT2D eigenvalue weighted by Crippen LogP contribution is -2.31. The van der Waals surface area contributed by atoms with Gasteiger partial charge in [0.05, 0.1) is 12.6 Å². The fourth-order valence-corrected chi connectivity index (χ4v) is 2.94. The SMILES string of the molecule is O=C(N[C@@H](Cn1cccn1)c1ccccc1)c1ccc2c(c1)OCCO2. The maximum atomic E-state index is 12.8. The third-order valence-corrected chi connectivity index (χ3v) is 4.24. The molecule has 1 aliphatic heterocycles. The molecular weight excluding hydrogens is 330 g/mol. The molecule has 2 heterocycles. The van der Waals surface area contributed by atoms with Crippen molar-refractivity contribution in [1.82, 2.24) is 15.1 Å². The van der Waals surface area contributed by atoms with Gasteiger partial charge in [-0.05, 0) is 29.8 Å². The van der Waals surface area contributed by atoms with Gasteiger partial charge in [0.25, 0.3) is 5.91 Å². The average molecular weight is 349 g/mol. The van der Waals surface area contributed by atoms with Gasteiger partial charge in [-0.15, -0.1) is 0 Å². The summed E-state index contributed by atoms with van der Waals surface area (Å²) in [5, 5.41) is 7.35. The average Bonchev–Trinajstić information content (AvgIpc) is 3.21. The number of benzene rings is 2. The Bertz CT molecular complexity index is 879. The van der Waals surface area contributed by atoms with Crippen molar-refractivity contribution in [2.75, 3.05) is 13.2 Å². The van der Waals surface area contributed by atoms with Crippen LogP contribution in [-0.4, -0.2) is 28.9 Å². The monoisotopic (exact) mass is 349 g/mol. The van der Waals surface area contributed by atoms with Gasteiger partial charge in [-0.2, -0.15) is 5.10 Å². The minimum Gasteiger partial charge on any atom is -0.486 e. The van der Waals surface area contributed by atoms with Crippen molar-refractivity contribution >= 4 is 5.91 Å². The van der Waals surface area contributed by atoms with Crippen molar-refractivity contribution in [2.24, 2.45) is 0 Å². The molecule has 1 aromatic heterocycles. The number of carbonyl (C=O) groups is 1. The molecule has 3 aromatic rings. The van der Waals surface area contributed by atoms with Gasteiger partial charge in [-0.1, -0.05) is 30.3 Å². The minimum absolute atomic E-state index is 0.164. The van der Waals surface area contributed by atoms with E-state index in [0.29, 0.717) is 36.8 Å². The summed E-state index contributed by atoms with van der Waals surface area (Å²) in [6.45, 7) is 1.57. The Balaban J connectivity index is 1.56. The summed E-state index contributed by atoms with van der Waals surface area (Å²) in [4.78, 5) is 12.8. The maximum Gasteiger partial charge on any atom is 0.251 e. The van der Waals surface area contributed by atoms with E-state index in [1.807, 2.05) is 47.3 Å². The zero-order valence-corrected chi connectivity index (χ0v) is 14.2. The topological polar surface area (TPSA) is 65.4 Å². The Hall–Kier alpha value is -3.28. The maximum absolute atomic E-state index is 12.8. The molecule has 0 unspecified atom stereocenters. The molecule has 0 spiro atoms. The van der Waals surface area contributed by atoms with Crippen LogP contribution in [0.15, 0.2) is 67.0 Å². The smallest absolute Gasteiger partial charge is 0.251 e. The number of hydrogen-bond acceptors (Lipinski definition) is 4. The van der Waals surface area contributed by atoms with E-state index in [0.717, 1.165) is 5.56 Å². The van der Waals surface area contributed by atoms with Gasteiger partial charge >= 0.3 is 0 Å². The fourth-order valence-electron chi connectivity index (χ4n) is 2.94. The lowest BCUT2D eigenvalue weighted by Gasteiger charge is -2.21. The Labute approximate surface area is 151 Å². The van der Waals surface area contributed by atoms with E-state index < -0.39 is 0 Å². The van der Waals surface area contributed by atoms with Crippen LogP contribution in [0.5, 0.6) is 11.5 Å². The molecule has 1 amide bonds. The molecule has 1 N–H and O–H groups in total. The Morgan fingerprint density at radius 2 is 1.88 bits per heavy atom. The zero-order chi connectivity index (χ0) is 17.8. The molecule has 0 radical (unpaired) electrons. The van der Waals surface area contributed by atoms with Crippen molar-refractivity contribution in [3.05, 3.63) is 78.1 Å². The summed E-state index contributed by atoms with van der Waals surface area (Å²) in [6.07, 6.45) is 3.61. The molecule has 2 aromatic carbocycles. The van der Waals surface area contributed by atoms with Crippen LogP contribution in [0, 0.1) is 0 Å². The molecule has 0 saturated carbocycles. The number of hydrogen-bond donors (Lipinski definition) is 1. The molecule has 1 atom stereocenters. The van der Waals surface area contributed by atoms with Crippen molar-refractivity contribution in [3.63, 3.8) is 0 Å². The third-order valence-electron chi connectivity index (χ3n) is 4.24. The predicted octanol–water partition coefficient (Wildman–Crippen LogP) is 2.83. The first-order valence-corrected chi connectivity index (χ1v) is 8.52. The van der Waals surface area contributed by atoms with Crippen LogP contribution in [0.4, 0.5) is 0 Å². The number of aromatic nitrogens is 2. The van der Waals surface area contributed by atoms with Gasteiger partial charge in [-0.25, -0.2) is 0 Å². The summed E-state index contributed by atoms with van der Waals surface area (Å²) in [5.41, 5.74) is 1.56. The Kier molecular flexibility index (Phi) is 4.55. The highest BCUT2D eigenvalue weighted by Gasteiger charge is 2.19. The molecule has 132 valence electrons. The quantitative estimate of drug-likeness (QED) is 0.769. The van der Waals surface area contributed by atoms with E-state index in [2.05, 4.69) is 10.4 Å². The van der Waals surface area contributed by atoms with Crippen LogP contribution in [0.25, 0.3) is 0 Å². The van der Waals surface area contributed by atoms with Gasteiger partial charge in [-0.3, -0.25) is 9.48 Å². The molecule has 0 saturated heterocycles. The van der Waals surface area contributed by atoms with Gasteiger partial charge in [0.1, 0.15) is 13.2 Å². The van der Waals surface area contributed by atoms with Crippen molar-refractivity contribution in [3.8, 4) is 11.5 Å². The van der Waals surface area contributed by atoms with Gasteiger partial charge < -0.3 is 14.8 Å². The second kappa shape index (κ2) is 7.31. The van der Waals surface area contributed by atoms with Gasteiger partial charge in [0.2, 0.25) is 0 Å². The van der Waals surface area contributed by atoms with E-state index >= 15 is 0 Å². The van der Waals surface area contributed by atoms with E-state index in [9.17, 15) is 4.79 Å². The van der Waals surface area contributed by atoms with E-state index in [4.69, 9.17) is 9.47 Å². The summed E-state index contributed by atoms with van der Waals surface area (Å²) < 4.78 is 12.9. The fraction of sp³-hybridized carbons (Fsp3) is 0.200. The minimum atomic E-state index is -0.197. The highest BCUT2D eigenvalue weighted by atomic mass is 16.6. The Morgan fingerprint density at radius 1 is 1.08 bits per heavy atom. The van der Waals surface area contributed by atoms with Crippen LogP contribution in [-0.2, 0) is 6.54 Å². The number of ether oxygens (including phenoxy) is 2. The zero-order valence-electron chi connectivity index (χ0n) is 14.2. The van der Waals surface area contributed by atoms with Crippen LogP contribution >= 0.6 is 0 Å². The molecule has 0 aliphatic carbocycles. The molecule has 4 rings (SSSR count). The van der Waals surface area contributed by atoms with E-state index in [-0.39, 0.29) is 11.9 Å². The molecular formula is C20H19N3O3. The largest absolute Gasteiger partial charge is 0.486 e. The molecule has 0 bridgehead atoms. The summed E-state index contributed by atoms with van der Waals surface area (Å²) >= 11 is 0. The number of amides is 1. The van der Waals surface area contributed by atoms with Crippen LogP contribution in [0.1, 0.15) is 22.0 Å². The summed E-state index contributed by atoms with van der Waals surface area (Å²) in [5.74, 6) is 1.11. The first kappa shape index (κ1) is 16.2. The van der Waals surface area contributed by atoms with Crippen molar-refractivity contribution < 1.29 is 14.3 Å². The second-order valence-corrected chi connectivity index (χ2v) is 6.02. The molecule has 26 heavy (non-hydrogen) atoms. The Morgan fingerprint density at radius 3 is 2.65 bits per heavy atom. The highest BCUT2D eigenvalue weighted by Crippen LogP contribution is 2.31. The van der Waals surface area contributed by atoms with E-state index in [1.165, 1.54) is 0 Å². The molecule has 6 heteroatoms. The second-order valence-electron chi connectivity index (χ2n) is 6.02. The lowest BCUT2D eigenvalue weighted by atomic mass is 10.1. The summed E-state index contributed by atoms with van der Waals surface area (Å²) in [7, 11) is 0. The van der Waals surface area contributed by atoms with Crippen LogP contribution < -0.4 is 14.8 Å². The first-order valence-electron chi connectivity index (χ1n) is 8.52. The highest BCUT2D eigenvalue weighted by molar-refractivity contribution is 5.95. The number of nitrogens with zero attached hydrogens (tertiary/aromatic N) is 2. The number of rotatable bonds is 5. The molecule has 6 nitrogen and oxygen atoms in total. The predicted molar refractivity (Wildman–Crippen MR) is 96.3 cm³/mol. The normalized spacial score (nSPS) is 13.8. The third kappa shape index (κ3) is 3.54. The van der Waals surface area contributed by atoms with Crippen LogP contribution in [0.3, 0.4) is 0 Å². The summed E-state index contributed by atoms with van der Waals surface area (Å²) in [6, 6.07) is 16.8. The first-order chi connectivity index (χ1) is 12.8. The molecule has 1 aliphatic rings. The standard InChI is InChI=1S/C20H19N3O3/c24-20(16-7-8-18-19(13-16)26-12-11-25-18)22-17(14-23-10-4-9-21-23)15-5-2-1-3-6-15/h1-10,13,17H,11-12,14H2,(H,22,24)/t17-/m0/s1.